The number of amides is 2. The van der Waals surface area contributed by atoms with Gasteiger partial charge in [-0.1, -0.05) is 48.5 Å². The minimum atomic E-state index is -0.379. The van der Waals surface area contributed by atoms with E-state index < -0.39 is 0 Å². The summed E-state index contributed by atoms with van der Waals surface area (Å²) in [6.45, 7) is 1.85. The molecule has 0 spiro atoms. The molecule has 2 amide bonds. The Morgan fingerprint density at radius 3 is 2.19 bits per heavy atom. The van der Waals surface area contributed by atoms with Crippen molar-refractivity contribution in [1.29, 1.82) is 0 Å². The molecular weight excluding hydrogens is 392 g/mol. The lowest BCUT2D eigenvalue weighted by Gasteiger charge is -2.07. The van der Waals surface area contributed by atoms with Crippen molar-refractivity contribution in [1.82, 2.24) is 24.9 Å². The zero-order chi connectivity index (χ0) is 22.0. The molecule has 0 saturated heterocycles. The second-order valence-electron chi connectivity index (χ2n) is 7.02. The van der Waals surface area contributed by atoms with Gasteiger partial charge in [-0.05, 0) is 19.1 Å². The van der Waals surface area contributed by atoms with Crippen LogP contribution in [0.1, 0.15) is 26.5 Å². The maximum absolute atomic E-state index is 13.4. The zero-order valence-electron chi connectivity index (χ0n) is 17.5. The van der Waals surface area contributed by atoms with Gasteiger partial charge >= 0.3 is 0 Å². The van der Waals surface area contributed by atoms with E-state index in [2.05, 4.69) is 15.7 Å². The van der Waals surface area contributed by atoms with Crippen LogP contribution in [0.15, 0.2) is 66.9 Å². The number of anilines is 1. The van der Waals surface area contributed by atoms with Gasteiger partial charge in [0.25, 0.3) is 11.8 Å². The molecule has 0 aliphatic carbocycles. The van der Waals surface area contributed by atoms with E-state index in [0.717, 1.165) is 11.3 Å². The Labute approximate surface area is 179 Å². The van der Waals surface area contributed by atoms with Gasteiger partial charge in [0.05, 0.1) is 22.6 Å². The molecule has 31 heavy (non-hydrogen) atoms. The van der Waals surface area contributed by atoms with Crippen LogP contribution in [0.4, 0.5) is 5.69 Å². The Morgan fingerprint density at radius 2 is 1.55 bits per heavy atom. The molecule has 2 N–H and O–H groups in total. The van der Waals surface area contributed by atoms with Crippen LogP contribution >= 0.6 is 0 Å². The van der Waals surface area contributed by atoms with E-state index in [1.807, 2.05) is 67.6 Å². The van der Waals surface area contributed by atoms with E-state index in [9.17, 15) is 9.59 Å². The summed E-state index contributed by atoms with van der Waals surface area (Å²) in [7, 11) is 3.21. The molecule has 0 unspecified atom stereocenters. The number of nitrogens with one attached hydrogen (secondary N) is 2. The van der Waals surface area contributed by atoms with Crippen LogP contribution in [-0.4, -0.2) is 38.4 Å². The molecule has 2 aromatic heterocycles. The van der Waals surface area contributed by atoms with Gasteiger partial charge in [-0.25, -0.2) is 4.68 Å². The Kier molecular flexibility index (Phi) is 5.36. The molecule has 4 aromatic rings. The smallest absolute Gasteiger partial charge is 0.273 e. The predicted molar refractivity (Wildman–Crippen MR) is 118 cm³/mol. The van der Waals surface area contributed by atoms with Crippen LogP contribution in [-0.2, 0) is 7.05 Å². The number of benzene rings is 2. The van der Waals surface area contributed by atoms with Crippen molar-refractivity contribution in [3.63, 3.8) is 0 Å². The van der Waals surface area contributed by atoms with Gasteiger partial charge in [0.2, 0.25) is 0 Å². The van der Waals surface area contributed by atoms with Crippen molar-refractivity contribution >= 4 is 17.5 Å². The number of carbonyl (C=O) groups is 2. The van der Waals surface area contributed by atoms with Gasteiger partial charge in [-0.3, -0.25) is 14.3 Å². The third-order valence-electron chi connectivity index (χ3n) is 4.91. The molecule has 0 aliphatic heterocycles. The van der Waals surface area contributed by atoms with Crippen molar-refractivity contribution < 1.29 is 9.59 Å². The van der Waals surface area contributed by atoms with Crippen molar-refractivity contribution in [2.45, 2.75) is 6.92 Å². The minimum Gasteiger partial charge on any atom is -0.354 e. The Morgan fingerprint density at radius 1 is 0.903 bits per heavy atom. The quantitative estimate of drug-likeness (QED) is 0.524. The van der Waals surface area contributed by atoms with Crippen molar-refractivity contribution in [3.8, 4) is 16.9 Å². The first kappa shape index (κ1) is 20.1. The van der Waals surface area contributed by atoms with E-state index in [-0.39, 0.29) is 17.5 Å². The van der Waals surface area contributed by atoms with Gasteiger partial charge in [-0.15, -0.1) is 0 Å². The fraction of sp³-hybridized carbons (Fsp3) is 0.130. The van der Waals surface area contributed by atoms with Crippen LogP contribution < -0.4 is 10.6 Å². The summed E-state index contributed by atoms with van der Waals surface area (Å²) in [6, 6.07) is 19.2. The van der Waals surface area contributed by atoms with Crippen LogP contribution in [0.25, 0.3) is 16.9 Å². The van der Waals surface area contributed by atoms with Gasteiger partial charge in [-0.2, -0.15) is 10.2 Å². The average molecular weight is 414 g/mol. The highest BCUT2D eigenvalue weighted by molar-refractivity contribution is 6.11. The lowest BCUT2D eigenvalue weighted by molar-refractivity contribution is 0.0958. The standard InChI is InChI=1S/C23H22N6O2/c1-15-19(22(30)25-18-14-28(3)26-21(18)23(31)24-2)20(16-10-6-4-7-11-16)27-29(15)17-12-8-5-9-13-17/h4-14H,1-3H3,(H,24,31)(H,25,30). The minimum absolute atomic E-state index is 0.146. The number of para-hydroxylation sites is 1. The van der Waals surface area contributed by atoms with Crippen LogP contribution in [0.3, 0.4) is 0 Å². The van der Waals surface area contributed by atoms with Crippen molar-refractivity contribution in [2.24, 2.45) is 7.05 Å². The summed E-state index contributed by atoms with van der Waals surface area (Å²) in [6.07, 6.45) is 1.60. The number of hydrogen-bond donors (Lipinski definition) is 2. The van der Waals surface area contributed by atoms with Gasteiger partial charge in [0, 0.05) is 25.9 Å². The first-order chi connectivity index (χ1) is 15.0. The maximum atomic E-state index is 13.4. The molecule has 0 saturated carbocycles. The summed E-state index contributed by atoms with van der Waals surface area (Å²) in [5, 5.41) is 14.3. The van der Waals surface area contributed by atoms with E-state index in [0.29, 0.717) is 22.6 Å². The molecule has 0 radical (unpaired) electrons. The first-order valence-electron chi connectivity index (χ1n) is 9.77. The predicted octanol–water partition coefficient (Wildman–Crippen LogP) is 3.19. The molecule has 0 bridgehead atoms. The van der Waals surface area contributed by atoms with Crippen LogP contribution in [0.5, 0.6) is 0 Å². The maximum Gasteiger partial charge on any atom is 0.273 e. The second-order valence-corrected chi connectivity index (χ2v) is 7.02. The molecule has 4 rings (SSSR count). The second kappa shape index (κ2) is 8.27. The molecule has 2 aromatic carbocycles. The molecule has 0 atom stereocenters. The number of aromatic nitrogens is 4. The Hall–Kier alpha value is -4.20. The fourth-order valence-electron chi connectivity index (χ4n) is 3.44. The lowest BCUT2D eigenvalue weighted by Crippen LogP contribution is -2.22. The summed E-state index contributed by atoms with van der Waals surface area (Å²) >= 11 is 0. The highest BCUT2D eigenvalue weighted by atomic mass is 16.2. The molecule has 0 aliphatic rings. The molecule has 156 valence electrons. The third-order valence-corrected chi connectivity index (χ3v) is 4.91. The van der Waals surface area contributed by atoms with Gasteiger partial charge in [0.15, 0.2) is 5.69 Å². The summed E-state index contributed by atoms with van der Waals surface area (Å²) < 4.78 is 3.23. The topological polar surface area (TPSA) is 93.8 Å². The van der Waals surface area contributed by atoms with Crippen molar-refractivity contribution in [2.75, 3.05) is 12.4 Å². The van der Waals surface area contributed by atoms with E-state index in [1.54, 1.807) is 17.9 Å². The van der Waals surface area contributed by atoms with Crippen LogP contribution in [0.2, 0.25) is 0 Å². The highest BCUT2D eigenvalue weighted by Crippen LogP contribution is 2.28. The number of carbonyl (C=O) groups excluding carboxylic acids is 2. The zero-order valence-corrected chi connectivity index (χ0v) is 17.5. The highest BCUT2D eigenvalue weighted by Gasteiger charge is 2.25. The number of aryl methyl sites for hydroxylation is 1. The first-order valence-corrected chi connectivity index (χ1v) is 9.77. The SMILES string of the molecule is CNC(=O)c1nn(C)cc1NC(=O)c1c(-c2ccccc2)nn(-c2ccccc2)c1C. The summed E-state index contributed by atoms with van der Waals surface area (Å²) in [5.74, 6) is -0.743. The van der Waals surface area contributed by atoms with Crippen LogP contribution in [0, 0.1) is 6.92 Å². The number of hydrogen-bond acceptors (Lipinski definition) is 4. The largest absolute Gasteiger partial charge is 0.354 e. The molecule has 8 nitrogen and oxygen atoms in total. The average Bonchev–Trinajstić information content (AvgIpc) is 3.33. The summed E-state index contributed by atoms with van der Waals surface area (Å²) in [4.78, 5) is 25.6. The van der Waals surface area contributed by atoms with E-state index in [4.69, 9.17) is 5.10 Å². The molecule has 8 heteroatoms. The Bertz CT molecular complexity index is 1240. The Balaban J connectivity index is 1.81. The van der Waals surface area contributed by atoms with Gasteiger partial charge < -0.3 is 10.6 Å². The normalized spacial score (nSPS) is 10.7. The van der Waals surface area contributed by atoms with E-state index >= 15 is 0 Å². The van der Waals surface area contributed by atoms with E-state index in [1.165, 1.54) is 11.7 Å². The van der Waals surface area contributed by atoms with Crippen molar-refractivity contribution in [3.05, 3.63) is 83.8 Å². The monoisotopic (exact) mass is 414 g/mol. The number of nitrogens with zero attached hydrogens (tertiary/aromatic N) is 4. The molecule has 2 heterocycles. The third kappa shape index (κ3) is 3.83. The van der Waals surface area contributed by atoms with Gasteiger partial charge in [0.1, 0.15) is 5.69 Å². The number of rotatable bonds is 5. The molecular formula is C23H22N6O2. The molecule has 0 fully saturated rings. The fourth-order valence-corrected chi connectivity index (χ4v) is 3.44. The summed E-state index contributed by atoms with van der Waals surface area (Å²) in [5.41, 5.74) is 3.83. The lowest BCUT2D eigenvalue weighted by atomic mass is 10.1.